The molecule has 1 heterocycles. The van der Waals surface area contributed by atoms with Gasteiger partial charge in [-0.3, -0.25) is 4.79 Å². The fraction of sp³-hybridized carbons (Fsp3) is 0.750. The number of nitrogens with zero attached hydrogens (tertiary/aromatic N) is 1. The predicted octanol–water partition coefficient (Wildman–Crippen LogP) is 0.718. The highest BCUT2D eigenvalue weighted by atomic mass is 16.4. The predicted molar refractivity (Wildman–Crippen MR) is 40.9 cm³/mol. The normalized spacial score (nSPS) is 34.0. The van der Waals surface area contributed by atoms with Gasteiger partial charge in [-0.2, -0.15) is 0 Å². The van der Waals surface area contributed by atoms with E-state index in [1.807, 2.05) is 0 Å². The zero-order chi connectivity index (χ0) is 8.72. The van der Waals surface area contributed by atoms with E-state index in [2.05, 4.69) is 0 Å². The number of carbonyl (C=O) groups is 2. The van der Waals surface area contributed by atoms with Crippen LogP contribution in [0.5, 0.6) is 0 Å². The number of carboxylic acid groups (broad SMARTS) is 1. The summed E-state index contributed by atoms with van der Waals surface area (Å²) in [6.45, 7) is 0.601. The number of amides is 1. The van der Waals surface area contributed by atoms with Gasteiger partial charge in [-0.25, -0.2) is 4.79 Å². The maximum absolute atomic E-state index is 11.0. The number of Topliss-reactive ketones (excluding diaryl/α,β-unsaturated/α-hetero) is 1. The van der Waals surface area contributed by atoms with Crippen LogP contribution in [0.25, 0.3) is 0 Å². The van der Waals surface area contributed by atoms with Gasteiger partial charge < -0.3 is 10.0 Å². The summed E-state index contributed by atoms with van der Waals surface area (Å²) in [6.07, 6.45) is 1.28. The maximum atomic E-state index is 11.0. The smallest absolute Gasteiger partial charge is 0.407 e. The summed E-state index contributed by atoms with van der Waals surface area (Å²) in [7, 11) is 0. The van der Waals surface area contributed by atoms with E-state index in [1.54, 1.807) is 0 Å². The van der Waals surface area contributed by atoms with Crippen LogP contribution in [-0.2, 0) is 4.79 Å². The standard InChI is InChI=1S/C8H11NO3/c10-7-4-6-5(7)2-1-3-9(6)8(11)12/h5-6H,1-4H2,(H,11,12). The minimum absolute atomic E-state index is 0.00347. The molecule has 2 unspecified atom stereocenters. The second-order valence-corrected chi connectivity index (χ2v) is 3.46. The Labute approximate surface area is 70.2 Å². The summed E-state index contributed by atoms with van der Waals surface area (Å²) in [6, 6.07) is 0.00347. The van der Waals surface area contributed by atoms with Crippen molar-refractivity contribution >= 4 is 11.9 Å². The Morgan fingerprint density at radius 2 is 2.33 bits per heavy atom. The Bertz CT molecular complexity index is 238. The number of rotatable bonds is 0. The molecule has 0 bridgehead atoms. The molecule has 0 radical (unpaired) electrons. The fourth-order valence-electron chi connectivity index (χ4n) is 2.12. The van der Waals surface area contributed by atoms with Crippen molar-refractivity contribution in [1.29, 1.82) is 0 Å². The third-order valence-corrected chi connectivity index (χ3v) is 2.85. The van der Waals surface area contributed by atoms with E-state index < -0.39 is 6.09 Å². The van der Waals surface area contributed by atoms with Crippen LogP contribution in [0.4, 0.5) is 4.79 Å². The van der Waals surface area contributed by atoms with Gasteiger partial charge in [0, 0.05) is 18.9 Å². The van der Waals surface area contributed by atoms with Crippen molar-refractivity contribution in [3.63, 3.8) is 0 Å². The quantitative estimate of drug-likeness (QED) is 0.581. The van der Waals surface area contributed by atoms with E-state index in [4.69, 9.17) is 5.11 Å². The van der Waals surface area contributed by atoms with Gasteiger partial charge in [0.2, 0.25) is 0 Å². The van der Waals surface area contributed by atoms with Crippen molar-refractivity contribution in [1.82, 2.24) is 4.90 Å². The first-order valence-corrected chi connectivity index (χ1v) is 4.22. The van der Waals surface area contributed by atoms with Gasteiger partial charge in [0.1, 0.15) is 5.78 Å². The third-order valence-electron chi connectivity index (χ3n) is 2.85. The second kappa shape index (κ2) is 2.47. The highest BCUT2D eigenvalue weighted by Gasteiger charge is 2.46. The molecule has 2 aliphatic rings. The Morgan fingerprint density at radius 1 is 1.58 bits per heavy atom. The minimum Gasteiger partial charge on any atom is -0.465 e. The first-order valence-electron chi connectivity index (χ1n) is 4.22. The van der Waals surface area contributed by atoms with Crippen molar-refractivity contribution in [3.8, 4) is 0 Å². The Morgan fingerprint density at radius 3 is 2.92 bits per heavy atom. The van der Waals surface area contributed by atoms with Crippen molar-refractivity contribution < 1.29 is 14.7 Å². The largest absolute Gasteiger partial charge is 0.465 e. The second-order valence-electron chi connectivity index (χ2n) is 3.46. The highest BCUT2D eigenvalue weighted by molar-refractivity contribution is 5.90. The molecule has 2 atom stereocenters. The van der Waals surface area contributed by atoms with Crippen molar-refractivity contribution in [2.75, 3.05) is 6.54 Å². The van der Waals surface area contributed by atoms with E-state index in [9.17, 15) is 9.59 Å². The van der Waals surface area contributed by atoms with Crippen LogP contribution >= 0.6 is 0 Å². The molecule has 0 aromatic carbocycles. The number of hydrogen-bond acceptors (Lipinski definition) is 2. The molecule has 1 aliphatic heterocycles. The molecule has 0 aromatic heterocycles. The Hall–Kier alpha value is -1.06. The van der Waals surface area contributed by atoms with Gasteiger partial charge in [-0.1, -0.05) is 0 Å². The number of carbonyl (C=O) groups excluding carboxylic acids is 1. The van der Waals surface area contributed by atoms with Gasteiger partial charge in [-0.05, 0) is 12.8 Å². The maximum Gasteiger partial charge on any atom is 0.407 e. The molecule has 66 valence electrons. The van der Waals surface area contributed by atoms with Crippen LogP contribution in [0, 0.1) is 5.92 Å². The highest BCUT2D eigenvalue weighted by Crippen LogP contribution is 2.36. The van der Waals surface area contributed by atoms with Crippen LogP contribution in [0.1, 0.15) is 19.3 Å². The van der Waals surface area contributed by atoms with E-state index >= 15 is 0 Å². The van der Waals surface area contributed by atoms with E-state index in [1.165, 1.54) is 4.90 Å². The number of ketones is 1. The first kappa shape index (κ1) is 7.58. The first-order chi connectivity index (χ1) is 5.70. The summed E-state index contributed by atoms with van der Waals surface area (Å²) < 4.78 is 0. The molecule has 1 saturated heterocycles. The molecule has 12 heavy (non-hydrogen) atoms. The molecular weight excluding hydrogens is 158 g/mol. The molecule has 1 aliphatic carbocycles. The molecular formula is C8H11NO3. The fourth-order valence-corrected chi connectivity index (χ4v) is 2.12. The van der Waals surface area contributed by atoms with Crippen LogP contribution in [-0.4, -0.2) is 34.5 Å². The van der Waals surface area contributed by atoms with E-state index in [0.29, 0.717) is 13.0 Å². The molecule has 2 rings (SSSR count). The van der Waals surface area contributed by atoms with Gasteiger partial charge in [-0.15, -0.1) is 0 Å². The zero-order valence-electron chi connectivity index (χ0n) is 6.69. The number of hydrogen-bond donors (Lipinski definition) is 1. The average Bonchev–Trinajstić information content (AvgIpc) is 2.02. The molecule has 1 N–H and O–H groups in total. The summed E-state index contributed by atoms with van der Waals surface area (Å²) in [5.41, 5.74) is 0. The van der Waals surface area contributed by atoms with Gasteiger partial charge >= 0.3 is 6.09 Å². The summed E-state index contributed by atoms with van der Waals surface area (Å²) >= 11 is 0. The SMILES string of the molecule is O=C1CC2C1CCCN2C(=O)O. The van der Waals surface area contributed by atoms with Gasteiger partial charge in [0.25, 0.3) is 0 Å². The van der Waals surface area contributed by atoms with Gasteiger partial charge in [0.15, 0.2) is 0 Å². The average molecular weight is 169 g/mol. The lowest BCUT2D eigenvalue weighted by Crippen LogP contribution is -2.57. The van der Waals surface area contributed by atoms with E-state index in [-0.39, 0.29) is 17.7 Å². The summed E-state index contributed by atoms with van der Waals surface area (Å²) in [5, 5.41) is 8.76. The lowest BCUT2D eigenvalue weighted by Gasteiger charge is -2.45. The lowest BCUT2D eigenvalue weighted by atomic mass is 9.72. The van der Waals surface area contributed by atoms with Crippen LogP contribution in [0.2, 0.25) is 0 Å². The van der Waals surface area contributed by atoms with Crippen LogP contribution in [0.15, 0.2) is 0 Å². The summed E-state index contributed by atoms with van der Waals surface area (Å²) in [5.74, 6) is 0.265. The topological polar surface area (TPSA) is 57.6 Å². The molecule has 4 nitrogen and oxygen atoms in total. The number of piperidine rings is 1. The molecule has 0 spiro atoms. The molecule has 2 fully saturated rings. The lowest BCUT2D eigenvalue weighted by molar-refractivity contribution is -0.137. The number of fused-ring (bicyclic) bond motifs is 1. The zero-order valence-corrected chi connectivity index (χ0v) is 6.69. The third kappa shape index (κ3) is 0.906. The Balaban J connectivity index is 2.08. The van der Waals surface area contributed by atoms with Gasteiger partial charge in [0.05, 0.1) is 6.04 Å². The Kier molecular flexibility index (Phi) is 1.56. The van der Waals surface area contributed by atoms with Crippen LogP contribution in [0.3, 0.4) is 0 Å². The van der Waals surface area contributed by atoms with Crippen LogP contribution < -0.4 is 0 Å². The van der Waals surface area contributed by atoms with E-state index in [0.717, 1.165) is 12.8 Å². The summed E-state index contributed by atoms with van der Waals surface area (Å²) in [4.78, 5) is 23.1. The van der Waals surface area contributed by atoms with Crippen molar-refractivity contribution in [2.24, 2.45) is 5.92 Å². The van der Waals surface area contributed by atoms with Crippen molar-refractivity contribution in [2.45, 2.75) is 25.3 Å². The molecule has 1 amide bonds. The molecule has 4 heteroatoms. The number of likely N-dealkylation sites (tertiary alicyclic amines) is 1. The molecule has 0 aromatic rings. The monoisotopic (exact) mass is 169 g/mol. The molecule has 1 saturated carbocycles. The minimum atomic E-state index is -0.878. The van der Waals surface area contributed by atoms with Crippen molar-refractivity contribution in [3.05, 3.63) is 0 Å².